The highest BCUT2D eigenvalue weighted by Gasteiger charge is 2.48. The Kier molecular flexibility index (Phi) is 44.3. The molecule has 12 rings (SSSR count). The highest BCUT2D eigenvalue weighted by atomic mass is 35.5. The van der Waals surface area contributed by atoms with Crippen molar-refractivity contribution in [3.05, 3.63) is 260 Å². The molecule has 0 saturated carbocycles. The molecule has 8 aromatic rings. The second-order valence-corrected chi connectivity index (χ2v) is 37.4. The van der Waals surface area contributed by atoms with E-state index in [9.17, 15) is 88.7 Å². The third-order valence-corrected chi connectivity index (χ3v) is 26.5. The van der Waals surface area contributed by atoms with Gasteiger partial charge in [-0.25, -0.2) is 45.5 Å². The van der Waals surface area contributed by atoms with Crippen molar-refractivity contribution in [1.82, 2.24) is 46.2 Å². The maximum atomic E-state index is 14.3. The molecule has 4 saturated heterocycles. The SMILES string of the molecule is CCc1ccc(N(C=O)OCC2(C(=O)NCc3cccc(F)c3F)CCN(C(=O)CNC(=O)OC(C)(C)C)CC2)cc1.CCc1ccc(NC(=O)OCC2(C(=O)NCc3cccc(Cl)c3F)CCN(C(=O)CN)CC2)cc1.CCc1ccc(NC(=O)OCC2(C(=O)NCc3cccc(F)c3C)CCN(C(=O)CN)CC2)cc1.CCc1ccc(NC(=O)OCC2(C(=O)NCc3cccc(F)c3F)CCN(C(=O)CN)CC2)cc1. The zero-order chi connectivity index (χ0) is 107. The number of hydrogen-bond acceptors (Lipinski definition) is 21. The molecule has 147 heavy (non-hydrogen) atoms. The summed E-state index contributed by atoms with van der Waals surface area (Å²) in [5.74, 6) is -7.72. The number of nitrogens with one attached hydrogen (secondary N) is 8. The number of hydrogen-bond donors (Lipinski definition) is 11. The van der Waals surface area contributed by atoms with Crippen LogP contribution in [0.25, 0.3) is 0 Å². The molecule has 0 atom stereocenters. The molecule has 8 aromatic carbocycles. The lowest BCUT2D eigenvalue weighted by Gasteiger charge is -2.40. The molecule has 4 aliphatic rings. The number of alkyl carbamates (subject to hydrolysis) is 1. The zero-order valence-electron chi connectivity index (χ0n) is 83.8. The van der Waals surface area contributed by atoms with Crippen molar-refractivity contribution in [2.75, 3.05) is 126 Å². The van der Waals surface area contributed by atoms with E-state index in [-0.39, 0.29) is 201 Å². The summed E-state index contributed by atoms with van der Waals surface area (Å²) in [4.78, 5) is 175. The molecule has 34 nitrogen and oxygen atoms in total. The van der Waals surface area contributed by atoms with Crippen molar-refractivity contribution in [2.24, 2.45) is 38.9 Å². The smallest absolute Gasteiger partial charge is 0.411 e. The second kappa shape index (κ2) is 55.9. The standard InChI is InChI=1S/C30H38F2N4O6.C26H33FN4O4.C25H30ClFN4O4.C25H30F2N4O4/c1-5-21-9-11-23(12-10-21)36(20-37)41-19-30(27(39)33-17-22-7-6-8-24(31)26(22)32)13-15-35(16-14-30)25(38)18-34-28(40)42-29(2,3)4;1-3-19-7-9-21(10-8-19)30-25(34)35-17-26(11-13-31(14-12-26)23(32)15-28)24(33)29-16-20-5-4-6-22(27)18(20)2;2*1-2-17-6-8-19(9-7-17)30-24(34)35-16-25(10-12-31(13-11-25)21(32)14-28)23(33)29-15-18-4-3-5-20(26)22(18)27/h6-12,20H,5,13-19H2,1-4H3,(H,33,39)(H,34,40);4-10H,3,11-17,28H2,1-2H3,(H,29,33)(H,30,34);2*3-9H,2,10-16,28H2,1H3,(H,29,33)(H,30,34). The molecule has 4 heterocycles. The van der Waals surface area contributed by atoms with Gasteiger partial charge in [-0.05, 0) is 211 Å². The fraction of sp³-hybridized carbons (Fsp3) is 0.425. The Morgan fingerprint density at radius 1 is 0.374 bits per heavy atom. The number of piperidine rings is 4. The first kappa shape index (κ1) is 116. The fourth-order valence-electron chi connectivity index (χ4n) is 16.6. The number of ether oxygens (including phenoxy) is 4. The van der Waals surface area contributed by atoms with E-state index in [1.807, 2.05) is 76.2 Å². The minimum Gasteiger partial charge on any atom is -0.448 e. The van der Waals surface area contributed by atoms with Crippen molar-refractivity contribution >= 4 is 112 Å². The van der Waals surface area contributed by atoms with Crippen LogP contribution in [0, 0.1) is 63.5 Å². The molecular weight excluding hydrogens is 1930 g/mol. The largest absolute Gasteiger partial charge is 0.448 e. The Balaban J connectivity index is 0.000000219. The van der Waals surface area contributed by atoms with Gasteiger partial charge in [0.15, 0.2) is 23.3 Å². The predicted octanol–water partition coefficient (Wildman–Crippen LogP) is 13.4. The first-order chi connectivity index (χ1) is 70.2. The van der Waals surface area contributed by atoms with E-state index in [1.165, 1.54) is 47.4 Å². The summed E-state index contributed by atoms with van der Waals surface area (Å²) >= 11 is 5.83. The van der Waals surface area contributed by atoms with Crippen LogP contribution in [-0.2, 0) is 119 Å². The Morgan fingerprint density at radius 3 is 0.973 bits per heavy atom. The Morgan fingerprint density at radius 2 is 0.660 bits per heavy atom. The first-order valence-corrected chi connectivity index (χ1v) is 49.0. The zero-order valence-corrected chi connectivity index (χ0v) is 84.6. The van der Waals surface area contributed by atoms with E-state index in [2.05, 4.69) is 42.5 Å². The fourth-order valence-corrected chi connectivity index (χ4v) is 16.8. The summed E-state index contributed by atoms with van der Waals surface area (Å²) in [6.45, 7) is 15.1. The maximum Gasteiger partial charge on any atom is 0.411 e. The lowest BCUT2D eigenvalue weighted by atomic mass is 9.78. The van der Waals surface area contributed by atoms with Gasteiger partial charge in [0, 0.05) is 112 Å². The summed E-state index contributed by atoms with van der Waals surface area (Å²) in [5.41, 5.74) is 19.3. The average Bonchev–Trinajstić information content (AvgIpc) is 0.798. The molecule has 0 spiro atoms. The molecule has 41 heteroatoms. The Hall–Kier alpha value is -14.2. The van der Waals surface area contributed by atoms with Crippen molar-refractivity contribution in [1.29, 1.82) is 0 Å². The van der Waals surface area contributed by atoms with Crippen LogP contribution in [-0.4, -0.2) is 208 Å². The minimum atomic E-state index is -1.19. The van der Waals surface area contributed by atoms with Gasteiger partial charge in [-0.15, -0.1) is 0 Å². The maximum absolute atomic E-state index is 14.3. The number of nitrogens with two attached hydrogens (primary N) is 3. The number of likely N-dealkylation sites (tertiary alicyclic amines) is 4. The number of anilines is 4. The van der Waals surface area contributed by atoms with Gasteiger partial charge in [-0.1, -0.05) is 136 Å². The molecule has 0 unspecified atom stereocenters. The summed E-state index contributed by atoms with van der Waals surface area (Å²) in [7, 11) is 0. The third-order valence-electron chi connectivity index (χ3n) is 26.2. The van der Waals surface area contributed by atoms with Crippen LogP contribution in [0.4, 0.5) is 68.3 Å². The molecule has 4 aliphatic heterocycles. The average molecular weight is 2070 g/mol. The summed E-state index contributed by atoms with van der Waals surface area (Å²) in [6, 6.07) is 46.0. The number of hydroxylamine groups is 1. The number of amides is 13. The number of aryl methyl sites for hydroxylation is 4. The van der Waals surface area contributed by atoms with E-state index in [0.717, 1.165) is 65.1 Å². The quantitative estimate of drug-likeness (QED) is 0.00760. The minimum absolute atomic E-state index is 0.00145. The van der Waals surface area contributed by atoms with Gasteiger partial charge in [0.25, 0.3) is 0 Å². The van der Waals surface area contributed by atoms with Crippen LogP contribution in [0.1, 0.15) is 150 Å². The molecular formula is C106H131ClF6N16O18. The van der Waals surface area contributed by atoms with Gasteiger partial charge in [0.1, 0.15) is 43.6 Å². The van der Waals surface area contributed by atoms with E-state index in [4.69, 9.17) is 52.6 Å². The Labute approximate surface area is 855 Å². The normalized spacial score (nSPS) is 14.7. The molecule has 0 bridgehead atoms. The number of rotatable bonds is 35. The topological polar surface area (TPSA) is 459 Å². The first-order valence-electron chi connectivity index (χ1n) is 48.6. The van der Waals surface area contributed by atoms with Gasteiger partial charge in [0.2, 0.25) is 53.7 Å². The van der Waals surface area contributed by atoms with E-state index in [0.29, 0.717) is 79.3 Å². The van der Waals surface area contributed by atoms with E-state index in [1.54, 1.807) is 109 Å². The lowest BCUT2D eigenvalue weighted by Crippen LogP contribution is -2.54. The van der Waals surface area contributed by atoms with Crippen molar-refractivity contribution in [2.45, 2.75) is 164 Å². The van der Waals surface area contributed by atoms with Gasteiger partial charge in [0.05, 0.1) is 58.6 Å². The Bertz CT molecular complexity index is 5420. The molecule has 14 N–H and O–H groups in total. The number of carbonyl (C=O) groups is 13. The van der Waals surface area contributed by atoms with Crippen LogP contribution < -0.4 is 64.8 Å². The summed E-state index contributed by atoms with van der Waals surface area (Å²) in [5, 5.41) is 22.3. The molecule has 0 aromatic heterocycles. The van der Waals surface area contributed by atoms with Crippen LogP contribution in [0.15, 0.2) is 170 Å². The van der Waals surface area contributed by atoms with Gasteiger partial charge in [-0.2, -0.15) is 5.06 Å². The van der Waals surface area contributed by atoms with E-state index < -0.39 is 98.4 Å². The summed E-state index contributed by atoms with van der Waals surface area (Å²) < 4.78 is 105. The predicted molar refractivity (Wildman–Crippen MR) is 540 cm³/mol. The van der Waals surface area contributed by atoms with E-state index >= 15 is 0 Å². The number of benzene rings is 8. The van der Waals surface area contributed by atoms with Gasteiger partial charge in [-0.3, -0.25) is 63.9 Å². The summed E-state index contributed by atoms with van der Waals surface area (Å²) in [6.07, 6.45) is 3.05. The third kappa shape index (κ3) is 33.9. The van der Waals surface area contributed by atoms with Gasteiger partial charge < -0.3 is 82.3 Å². The van der Waals surface area contributed by atoms with Crippen LogP contribution >= 0.6 is 11.6 Å². The lowest BCUT2D eigenvalue weighted by molar-refractivity contribution is -0.145. The van der Waals surface area contributed by atoms with Crippen LogP contribution in [0.3, 0.4) is 0 Å². The molecule has 0 radical (unpaired) electrons. The van der Waals surface area contributed by atoms with Crippen molar-refractivity contribution in [3.8, 4) is 0 Å². The van der Waals surface area contributed by atoms with Crippen molar-refractivity contribution < 1.29 is 112 Å². The number of carbonyl (C=O) groups excluding carboxylic acids is 13. The van der Waals surface area contributed by atoms with Crippen LogP contribution in [0.2, 0.25) is 5.02 Å². The van der Waals surface area contributed by atoms with Gasteiger partial charge >= 0.3 is 24.4 Å². The monoisotopic (exact) mass is 2060 g/mol. The number of nitrogens with zero attached hydrogens (tertiary/aromatic N) is 5. The highest BCUT2D eigenvalue weighted by molar-refractivity contribution is 6.30. The van der Waals surface area contributed by atoms with Crippen molar-refractivity contribution in [3.63, 3.8) is 0 Å². The molecule has 0 aliphatic carbocycles. The second-order valence-electron chi connectivity index (χ2n) is 37.0. The highest BCUT2D eigenvalue weighted by Crippen LogP contribution is 2.39. The number of halogens is 7. The molecule has 13 amide bonds. The molecule has 4 fully saturated rings. The molecule has 792 valence electrons. The van der Waals surface area contributed by atoms with Crippen LogP contribution in [0.5, 0.6) is 0 Å².